The molecule has 22 heavy (non-hydrogen) atoms. The maximum Gasteiger partial charge on any atom is 0.340 e. The number of hydrogen-bond acceptors (Lipinski definition) is 6. The maximum atomic E-state index is 12.4. The van der Waals surface area contributed by atoms with E-state index in [-0.39, 0.29) is 23.8 Å². The molecule has 0 fully saturated rings. The van der Waals surface area contributed by atoms with Gasteiger partial charge in [-0.2, -0.15) is 0 Å². The SMILES string of the molecule is CCOC(=O)C1=C(N)OC2=C(C(=O)CCC2)[C@@H]1c1cccs1. The fraction of sp³-hybridized carbons (Fsp3) is 0.375. The van der Waals surface area contributed by atoms with Crippen LogP contribution >= 0.6 is 11.3 Å². The molecule has 0 aromatic carbocycles. The van der Waals surface area contributed by atoms with Gasteiger partial charge in [0.05, 0.1) is 12.5 Å². The predicted molar refractivity (Wildman–Crippen MR) is 81.9 cm³/mol. The molecule has 6 heteroatoms. The molecule has 0 saturated carbocycles. The Morgan fingerprint density at radius 2 is 2.32 bits per heavy atom. The van der Waals surface area contributed by atoms with Gasteiger partial charge in [-0.3, -0.25) is 4.79 Å². The Kier molecular flexibility index (Phi) is 4.02. The Morgan fingerprint density at radius 1 is 1.50 bits per heavy atom. The molecule has 0 bridgehead atoms. The van der Waals surface area contributed by atoms with Crippen LogP contribution < -0.4 is 5.73 Å². The molecule has 1 aromatic heterocycles. The second kappa shape index (κ2) is 5.96. The summed E-state index contributed by atoms with van der Waals surface area (Å²) in [5.74, 6) is -0.335. The number of rotatable bonds is 3. The van der Waals surface area contributed by atoms with Crippen LogP contribution in [0.25, 0.3) is 0 Å². The predicted octanol–water partition coefficient (Wildman–Crippen LogP) is 2.60. The standard InChI is InChI=1S/C16H17NO4S/c1-2-20-16(19)14-13(11-7-4-8-22-11)12-9(18)5-3-6-10(12)21-15(14)17/h4,7-8,13H,2-3,5-6,17H2,1H3/t13-/m0/s1. The van der Waals surface area contributed by atoms with Crippen LogP contribution in [0.3, 0.4) is 0 Å². The van der Waals surface area contributed by atoms with E-state index in [1.807, 2.05) is 17.5 Å². The van der Waals surface area contributed by atoms with E-state index >= 15 is 0 Å². The highest BCUT2D eigenvalue weighted by Gasteiger charge is 2.41. The Morgan fingerprint density at radius 3 is 3.00 bits per heavy atom. The first-order valence-electron chi connectivity index (χ1n) is 7.27. The van der Waals surface area contributed by atoms with Crippen molar-refractivity contribution in [2.75, 3.05) is 6.61 Å². The van der Waals surface area contributed by atoms with Gasteiger partial charge in [-0.1, -0.05) is 6.07 Å². The lowest BCUT2D eigenvalue weighted by atomic mass is 9.80. The number of allylic oxidation sites excluding steroid dienone is 2. The molecule has 0 amide bonds. The van der Waals surface area contributed by atoms with Gasteiger partial charge in [0.2, 0.25) is 5.88 Å². The Labute approximate surface area is 132 Å². The quantitative estimate of drug-likeness (QED) is 0.866. The van der Waals surface area contributed by atoms with Crippen LogP contribution in [0.4, 0.5) is 0 Å². The van der Waals surface area contributed by atoms with E-state index < -0.39 is 11.9 Å². The van der Waals surface area contributed by atoms with Gasteiger partial charge in [0.25, 0.3) is 0 Å². The molecule has 1 aliphatic heterocycles. The first-order chi connectivity index (χ1) is 10.6. The van der Waals surface area contributed by atoms with Crippen LogP contribution in [0.5, 0.6) is 0 Å². The molecule has 0 saturated heterocycles. The van der Waals surface area contributed by atoms with E-state index in [2.05, 4.69) is 0 Å². The van der Waals surface area contributed by atoms with Gasteiger partial charge in [-0.25, -0.2) is 4.79 Å². The topological polar surface area (TPSA) is 78.6 Å². The van der Waals surface area contributed by atoms with Crippen LogP contribution in [-0.2, 0) is 19.1 Å². The third kappa shape index (κ3) is 2.43. The zero-order valence-corrected chi connectivity index (χ0v) is 13.1. The third-order valence-electron chi connectivity index (χ3n) is 3.81. The van der Waals surface area contributed by atoms with Crippen molar-refractivity contribution in [2.45, 2.75) is 32.1 Å². The molecular weight excluding hydrogens is 302 g/mol. The lowest BCUT2D eigenvalue weighted by Gasteiger charge is -2.31. The highest BCUT2D eigenvalue weighted by atomic mass is 32.1. The number of hydrogen-bond donors (Lipinski definition) is 1. The van der Waals surface area contributed by atoms with Crippen molar-refractivity contribution in [1.29, 1.82) is 0 Å². The van der Waals surface area contributed by atoms with E-state index in [4.69, 9.17) is 15.2 Å². The molecule has 1 aromatic rings. The molecule has 1 aliphatic carbocycles. The van der Waals surface area contributed by atoms with Crippen molar-refractivity contribution < 1.29 is 19.1 Å². The molecule has 0 unspecified atom stereocenters. The van der Waals surface area contributed by atoms with Gasteiger partial charge in [0, 0.05) is 23.3 Å². The molecular formula is C16H17NO4S. The van der Waals surface area contributed by atoms with E-state index in [0.717, 1.165) is 11.3 Å². The van der Waals surface area contributed by atoms with Gasteiger partial charge in [-0.15, -0.1) is 11.3 Å². The highest BCUT2D eigenvalue weighted by Crippen LogP contribution is 2.45. The maximum absolute atomic E-state index is 12.4. The minimum absolute atomic E-state index is 0.0222. The molecule has 0 spiro atoms. The summed E-state index contributed by atoms with van der Waals surface area (Å²) in [5, 5.41) is 1.91. The Bertz CT molecular complexity index is 672. The summed E-state index contributed by atoms with van der Waals surface area (Å²) in [6.45, 7) is 1.97. The summed E-state index contributed by atoms with van der Waals surface area (Å²) in [4.78, 5) is 25.6. The smallest absolute Gasteiger partial charge is 0.340 e. The van der Waals surface area contributed by atoms with Crippen molar-refractivity contribution in [1.82, 2.24) is 0 Å². The average molecular weight is 319 g/mol. The van der Waals surface area contributed by atoms with Crippen molar-refractivity contribution in [3.8, 4) is 0 Å². The number of ketones is 1. The zero-order chi connectivity index (χ0) is 15.7. The summed E-state index contributed by atoms with van der Waals surface area (Å²) >= 11 is 1.49. The third-order valence-corrected chi connectivity index (χ3v) is 4.74. The second-order valence-corrected chi connectivity index (χ2v) is 6.14. The van der Waals surface area contributed by atoms with Crippen molar-refractivity contribution in [2.24, 2.45) is 5.73 Å². The summed E-state index contributed by atoms with van der Waals surface area (Å²) in [6.07, 6.45) is 1.89. The van der Waals surface area contributed by atoms with E-state index in [1.165, 1.54) is 11.3 Å². The molecule has 3 rings (SSSR count). The molecule has 5 nitrogen and oxygen atoms in total. The normalized spacial score (nSPS) is 21.5. The second-order valence-electron chi connectivity index (χ2n) is 5.16. The van der Waals surface area contributed by atoms with Crippen molar-refractivity contribution >= 4 is 23.1 Å². The minimum atomic E-state index is -0.525. The average Bonchev–Trinajstić information content (AvgIpc) is 3.00. The van der Waals surface area contributed by atoms with Crippen LogP contribution in [0, 0.1) is 0 Å². The monoisotopic (exact) mass is 319 g/mol. The number of nitrogens with two attached hydrogens (primary N) is 1. The van der Waals surface area contributed by atoms with Gasteiger partial charge in [0.1, 0.15) is 11.3 Å². The van der Waals surface area contributed by atoms with E-state index in [9.17, 15) is 9.59 Å². The van der Waals surface area contributed by atoms with Crippen LogP contribution in [0.2, 0.25) is 0 Å². The van der Waals surface area contributed by atoms with Crippen LogP contribution in [0.15, 0.2) is 40.3 Å². The zero-order valence-electron chi connectivity index (χ0n) is 12.3. The molecule has 0 radical (unpaired) electrons. The number of ether oxygens (including phenoxy) is 2. The molecule has 2 N–H and O–H groups in total. The van der Waals surface area contributed by atoms with Crippen molar-refractivity contribution in [3.05, 3.63) is 45.2 Å². The van der Waals surface area contributed by atoms with E-state index in [1.54, 1.807) is 6.92 Å². The first kappa shape index (κ1) is 14.8. The minimum Gasteiger partial charge on any atom is -0.462 e. The highest BCUT2D eigenvalue weighted by molar-refractivity contribution is 7.10. The number of esters is 1. The van der Waals surface area contributed by atoms with E-state index in [0.29, 0.717) is 24.2 Å². The van der Waals surface area contributed by atoms with Gasteiger partial charge >= 0.3 is 5.97 Å². The molecule has 1 atom stereocenters. The summed E-state index contributed by atoms with van der Waals surface area (Å²) in [5.41, 5.74) is 6.77. The Balaban J connectivity index is 2.12. The van der Waals surface area contributed by atoms with Gasteiger partial charge in [-0.05, 0) is 24.8 Å². The molecule has 2 heterocycles. The fourth-order valence-electron chi connectivity index (χ4n) is 2.90. The number of carbonyl (C=O) groups is 2. The molecule has 116 valence electrons. The largest absolute Gasteiger partial charge is 0.462 e. The Hall–Kier alpha value is -2.08. The number of carbonyl (C=O) groups excluding carboxylic acids is 2. The number of Topliss-reactive ketones (excluding diaryl/α,β-unsaturated/α-hetero) is 1. The van der Waals surface area contributed by atoms with Gasteiger partial charge < -0.3 is 15.2 Å². The lowest BCUT2D eigenvalue weighted by Crippen LogP contribution is -2.31. The van der Waals surface area contributed by atoms with Crippen LogP contribution in [0.1, 0.15) is 37.0 Å². The van der Waals surface area contributed by atoms with Crippen LogP contribution in [-0.4, -0.2) is 18.4 Å². The first-order valence-corrected chi connectivity index (χ1v) is 8.15. The summed E-state index contributed by atoms with van der Waals surface area (Å²) in [6, 6.07) is 3.79. The fourth-order valence-corrected chi connectivity index (χ4v) is 3.75. The summed E-state index contributed by atoms with van der Waals surface area (Å²) < 4.78 is 10.7. The number of thiophene rings is 1. The van der Waals surface area contributed by atoms with Gasteiger partial charge in [0.15, 0.2) is 5.78 Å². The summed E-state index contributed by atoms with van der Waals surface area (Å²) in [7, 11) is 0. The molecule has 2 aliphatic rings. The lowest BCUT2D eigenvalue weighted by molar-refractivity contribution is -0.139. The van der Waals surface area contributed by atoms with Crippen molar-refractivity contribution in [3.63, 3.8) is 0 Å².